The van der Waals surface area contributed by atoms with Gasteiger partial charge in [-0.1, -0.05) is 24.3 Å². The van der Waals surface area contributed by atoms with Gasteiger partial charge < -0.3 is 21.1 Å². The first-order valence-electron chi connectivity index (χ1n) is 7.59. The number of amidine groups is 1. The Bertz CT molecular complexity index is 898. The summed E-state index contributed by atoms with van der Waals surface area (Å²) >= 11 is 0. The summed E-state index contributed by atoms with van der Waals surface area (Å²) in [5.74, 6) is -0.156. The van der Waals surface area contributed by atoms with E-state index in [2.05, 4.69) is 15.3 Å². The molecule has 126 valence electrons. The van der Waals surface area contributed by atoms with E-state index in [4.69, 9.17) is 16.2 Å². The van der Waals surface area contributed by atoms with Gasteiger partial charge in [0.1, 0.15) is 18.2 Å². The third kappa shape index (κ3) is 3.84. The summed E-state index contributed by atoms with van der Waals surface area (Å²) in [6.45, 7) is -0.124. The van der Waals surface area contributed by atoms with Crippen molar-refractivity contribution < 1.29 is 9.90 Å². The molecule has 0 saturated carbocycles. The highest BCUT2D eigenvalue weighted by molar-refractivity contribution is 5.95. The van der Waals surface area contributed by atoms with E-state index in [0.717, 1.165) is 28.3 Å². The predicted molar refractivity (Wildman–Crippen MR) is 96.6 cm³/mol. The number of carbonyl (C=O) groups is 1. The van der Waals surface area contributed by atoms with Crippen molar-refractivity contribution in [1.29, 1.82) is 5.41 Å². The Morgan fingerprint density at radius 2 is 1.76 bits per heavy atom. The molecule has 1 heterocycles. The van der Waals surface area contributed by atoms with Crippen LogP contribution in [0.15, 0.2) is 54.7 Å². The number of rotatable bonds is 6. The molecular weight excluding hydrogens is 318 g/mol. The highest BCUT2D eigenvalue weighted by atomic mass is 16.4. The number of hydrogen-bond donors (Lipinski definition) is 5. The first kappa shape index (κ1) is 16.3. The molecule has 7 nitrogen and oxygen atoms in total. The number of anilines is 1. The Kier molecular flexibility index (Phi) is 4.47. The predicted octanol–water partition coefficient (Wildman–Crippen LogP) is 2.52. The molecule has 1 aromatic heterocycles. The molecular formula is C18H17N5O2. The van der Waals surface area contributed by atoms with Crippen molar-refractivity contribution in [3.63, 3.8) is 0 Å². The maximum Gasteiger partial charge on any atom is 0.322 e. The monoisotopic (exact) mass is 335 g/mol. The number of nitrogens with one attached hydrogen (secondary N) is 3. The zero-order valence-electron chi connectivity index (χ0n) is 13.3. The van der Waals surface area contributed by atoms with Crippen molar-refractivity contribution >= 4 is 17.5 Å². The van der Waals surface area contributed by atoms with Gasteiger partial charge in [-0.2, -0.15) is 0 Å². The minimum absolute atomic E-state index is 0.0332. The van der Waals surface area contributed by atoms with E-state index < -0.39 is 5.97 Å². The molecule has 3 rings (SSSR count). The van der Waals surface area contributed by atoms with Crippen LogP contribution in [0.4, 0.5) is 5.69 Å². The van der Waals surface area contributed by atoms with Crippen LogP contribution >= 0.6 is 0 Å². The Morgan fingerprint density at radius 3 is 2.36 bits per heavy atom. The fourth-order valence-electron chi connectivity index (χ4n) is 2.36. The number of imidazole rings is 1. The summed E-state index contributed by atoms with van der Waals surface area (Å²) in [5, 5.41) is 18.9. The lowest BCUT2D eigenvalue weighted by Gasteiger charge is -2.04. The van der Waals surface area contributed by atoms with Crippen LogP contribution in [-0.2, 0) is 4.79 Å². The second kappa shape index (κ2) is 6.88. The van der Waals surface area contributed by atoms with Crippen molar-refractivity contribution in [2.24, 2.45) is 5.73 Å². The number of nitrogens with two attached hydrogens (primary N) is 1. The number of nitrogens with zero attached hydrogens (tertiary/aromatic N) is 1. The lowest BCUT2D eigenvalue weighted by atomic mass is 10.1. The molecule has 0 unspecified atom stereocenters. The van der Waals surface area contributed by atoms with Crippen LogP contribution in [0, 0.1) is 5.41 Å². The highest BCUT2D eigenvalue weighted by Gasteiger charge is 2.07. The summed E-state index contributed by atoms with van der Waals surface area (Å²) in [7, 11) is 0. The molecule has 0 spiro atoms. The van der Waals surface area contributed by atoms with Crippen LogP contribution in [0.3, 0.4) is 0 Å². The molecule has 0 atom stereocenters. The van der Waals surface area contributed by atoms with E-state index in [9.17, 15) is 4.79 Å². The van der Waals surface area contributed by atoms with Crippen molar-refractivity contribution in [3.8, 4) is 22.6 Å². The Labute approximate surface area is 144 Å². The molecule has 0 bridgehead atoms. The summed E-state index contributed by atoms with van der Waals surface area (Å²) in [6, 6.07) is 14.7. The Morgan fingerprint density at radius 1 is 1.12 bits per heavy atom. The van der Waals surface area contributed by atoms with Gasteiger partial charge in [-0.25, -0.2) is 4.98 Å². The molecule has 25 heavy (non-hydrogen) atoms. The van der Waals surface area contributed by atoms with E-state index in [0.29, 0.717) is 5.56 Å². The summed E-state index contributed by atoms with van der Waals surface area (Å²) in [5.41, 5.74) is 9.47. The number of carboxylic acids is 1. The molecule has 0 radical (unpaired) electrons. The van der Waals surface area contributed by atoms with Gasteiger partial charge in [0.05, 0.1) is 5.69 Å². The van der Waals surface area contributed by atoms with Gasteiger partial charge in [-0.05, 0) is 24.3 Å². The van der Waals surface area contributed by atoms with Gasteiger partial charge in [0.2, 0.25) is 0 Å². The summed E-state index contributed by atoms with van der Waals surface area (Å²) < 4.78 is 0. The van der Waals surface area contributed by atoms with Crippen molar-refractivity contribution in [2.45, 2.75) is 0 Å². The number of aliphatic carboxylic acids is 1. The molecule has 0 saturated heterocycles. The summed E-state index contributed by atoms with van der Waals surface area (Å²) in [6.07, 6.45) is 1.81. The van der Waals surface area contributed by atoms with E-state index in [1.807, 2.05) is 42.6 Å². The zero-order chi connectivity index (χ0) is 17.8. The molecule has 7 heteroatoms. The van der Waals surface area contributed by atoms with Gasteiger partial charge >= 0.3 is 5.97 Å². The molecule has 6 N–H and O–H groups in total. The topological polar surface area (TPSA) is 128 Å². The van der Waals surface area contributed by atoms with Gasteiger partial charge in [0.25, 0.3) is 0 Å². The minimum atomic E-state index is -0.907. The van der Waals surface area contributed by atoms with Crippen LogP contribution in [-0.4, -0.2) is 33.4 Å². The molecule has 3 aromatic rings. The average Bonchev–Trinajstić information content (AvgIpc) is 3.10. The fourth-order valence-corrected chi connectivity index (χ4v) is 2.36. The third-order valence-electron chi connectivity index (χ3n) is 3.67. The highest BCUT2D eigenvalue weighted by Crippen LogP contribution is 2.23. The Hall–Kier alpha value is -3.61. The first-order valence-corrected chi connectivity index (χ1v) is 7.59. The molecule has 0 amide bonds. The molecule has 2 aromatic carbocycles. The summed E-state index contributed by atoms with van der Waals surface area (Å²) in [4.78, 5) is 18.3. The average molecular weight is 335 g/mol. The number of aromatic nitrogens is 2. The zero-order valence-corrected chi connectivity index (χ0v) is 13.3. The van der Waals surface area contributed by atoms with Gasteiger partial charge in [0, 0.05) is 28.6 Å². The second-order valence-electron chi connectivity index (χ2n) is 5.45. The number of hydrogen-bond acceptors (Lipinski definition) is 4. The smallest absolute Gasteiger partial charge is 0.322 e. The number of nitrogen functional groups attached to an aromatic ring is 1. The van der Waals surface area contributed by atoms with Crippen molar-refractivity contribution in [1.82, 2.24) is 9.97 Å². The van der Waals surface area contributed by atoms with Crippen molar-refractivity contribution in [2.75, 3.05) is 11.9 Å². The fraction of sp³-hybridized carbons (Fsp3) is 0.0556. The maximum absolute atomic E-state index is 10.6. The quantitative estimate of drug-likeness (QED) is 0.349. The van der Waals surface area contributed by atoms with E-state index >= 15 is 0 Å². The van der Waals surface area contributed by atoms with Crippen LogP contribution in [0.2, 0.25) is 0 Å². The van der Waals surface area contributed by atoms with E-state index in [-0.39, 0.29) is 12.4 Å². The maximum atomic E-state index is 10.6. The first-order chi connectivity index (χ1) is 12.0. The number of carboxylic acid groups (broad SMARTS) is 1. The normalized spacial score (nSPS) is 10.4. The van der Waals surface area contributed by atoms with Crippen LogP contribution in [0.25, 0.3) is 22.6 Å². The molecule has 0 aliphatic carbocycles. The van der Waals surface area contributed by atoms with Crippen LogP contribution in [0.1, 0.15) is 5.56 Å². The van der Waals surface area contributed by atoms with E-state index in [1.165, 1.54) is 0 Å². The van der Waals surface area contributed by atoms with Gasteiger partial charge in [-0.3, -0.25) is 10.2 Å². The van der Waals surface area contributed by atoms with Crippen LogP contribution in [0.5, 0.6) is 0 Å². The van der Waals surface area contributed by atoms with Gasteiger partial charge in [0.15, 0.2) is 0 Å². The second-order valence-corrected chi connectivity index (χ2v) is 5.45. The van der Waals surface area contributed by atoms with Gasteiger partial charge in [-0.15, -0.1) is 0 Å². The Balaban J connectivity index is 1.76. The number of benzene rings is 2. The molecule has 0 fully saturated rings. The standard InChI is InChI=1S/C18H17N5O2/c19-17(20)12-3-1-11(2-4-12)15-9-22-18(23-15)13-5-7-14(8-6-13)21-10-16(24)25/h1-9,21H,10H2,(H3,19,20)(H,22,23)(H,24,25). The van der Waals surface area contributed by atoms with E-state index in [1.54, 1.807) is 12.1 Å². The number of H-pyrrole nitrogens is 1. The number of aromatic amines is 1. The minimum Gasteiger partial charge on any atom is -0.480 e. The lowest BCUT2D eigenvalue weighted by molar-refractivity contribution is -0.134. The SMILES string of the molecule is N=C(N)c1ccc(-c2c[nH]c(-c3ccc(NCC(=O)O)cc3)n2)cc1. The van der Waals surface area contributed by atoms with Crippen molar-refractivity contribution in [3.05, 3.63) is 60.3 Å². The molecule has 0 aliphatic rings. The molecule has 0 aliphatic heterocycles. The lowest BCUT2D eigenvalue weighted by Crippen LogP contribution is -2.11. The van der Waals surface area contributed by atoms with Crippen LogP contribution < -0.4 is 11.1 Å². The third-order valence-corrected chi connectivity index (χ3v) is 3.67. The largest absolute Gasteiger partial charge is 0.480 e.